The Balaban J connectivity index is 1.93. The second-order valence-corrected chi connectivity index (χ2v) is 6.46. The third-order valence-electron chi connectivity index (χ3n) is 3.51. The molecule has 1 aromatic carbocycles. The highest BCUT2D eigenvalue weighted by atomic mass is 19.1. The van der Waals surface area contributed by atoms with Crippen molar-refractivity contribution in [2.24, 2.45) is 5.92 Å². The lowest BCUT2D eigenvalue weighted by atomic mass is 10.2. The Kier molecular flexibility index (Phi) is 7.43. The van der Waals surface area contributed by atoms with Crippen molar-refractivity contribution >= 4 is 0 Å². The van der Waals surface area contributed by atoms with Crippen LogP contribution in [-0.2, 0) is 17.8 Å². The summed E-state index contributed by atoms with van der Waals surface area (Å²) < 4.78 is 24.0. The lowest BCUT2D eigenvalue weighted by Crippen LogP contribution is -2.34. The summed E-state index contributed by atoms with van der Waals surface area (Å²) in [6.45, 7) is 6.71. The molecule has 1 N–H and O–H groups in total. The SMILES string of the molecule is CC(C)COCC(O)CN(Cc1ccc(F)cc1)Cc1ccco1. The highest BCUT2D eigenvalue weighted by Crippen LogP contribution is 2.12. The smallest absolute Gasteiger partial charge is 0.123 e. The molecule has 5 heteroatoms. The lowest BCUT2D eigenvalue weighted by molar-refractivity contribution is 0.00460. The van der Waals surface area contributed by atoms with Gasteiger partial charge in [-0.2, -0.15) is 0 Å². The summed E-state index contributed by atoms with van der Waals surface area (Å²) in [5.41, 5.74) is 0.984. The molecule has 0 spiro atoms. The molecule has 0 aliphatic rings. The molecule has 0 amide bonds. The normalized spacial score (nSPS) is 12.9. The predicted octanol–water partition coefficient (Wildman–Crippen LogP) is 3.45. The second-order valence-electron chi connectivity index (χ2n) is 6.46. The zero-order valence-electron chi connectivity index (χ0n) is 14.3. The van der Waals surface area contributed by atoms with Crippen molar-refractivity contribution in [2.45, 2.75) is 33.0 Å². The number of hydrogen-bond acceptors (Lipinski definition) is 4. The van der Waals surface area contributed by atoms with Crippen LogP contribution < -0.4 is 0 Å². The van der Waals surface area contributed by atoms with Gasteiger partial charge in [0.2, 0.25) is 0 Å². The molecule has 0 radical (unpaired) electrons. The van der Waals surface area contributed by atoms with Gasteiger partial charge in [-0.25, -0.2) is 4.39 Å². The van der Waals surface area contributed by atoms with E-state index in [-0.39, 0.29) is 5.82 Å². The summed E-state index contributed by atoms with van der Waals surface area (Å²) in [5.74, 6) is 1.02. The Morgan fingerprint density at radius 2 is 1.88 bits per heavy atom. The maximum atomic E-state index is 13.1. The standard InChI is InChI=1S/C19H26FNO3/c1-15(2)13-23-14-18(22)11-21(12-19-4-3-9-24-19)10-16-5-7-17(20)8-6-16/h3-9,15,18,22H,10-14H2,1-2H3. The van der Waals surface area contributed by atoms with E-state index in [1.54, 1.807) is 18.4 Å². The monoisotopic (exact) mass is 335 g/mol. The van der Waals surface area contributed by atoms with Gasteiger partial charge in [0, 0.05) is 19.7 Å². The van der Waals surface area contributed by atoms with Crippen LogP contribution >= 0.6 is 0 Å². The predicted molar refractivity (Wildman–Crippen MR) is 90.9 cm³/mol. The lowest BCUT2D eigenvalue weighted by Gasteiger charge is -2.24. The zero-order chi connectivity index (χ0) is 17.4. The molecule has 0 saturated heterocycles. The van der Waals surface area contributed by atoms with Gasteiger partial charge in [0.1, 0.15) is 11.6 Å². The third-order valence-corrected chi connectivity index (χ3v) is 3.51. The third kappa shape index (κ3) is 6.83. The van der Waals surface area contributed by atoms with E-state index in [1.807, 2.05) is 12.1 Å². The van der Waals surface area contributed by atoms with E-state index in [0.29, 0.717) is 38.8 Å². The zero-order valence-corrected chi connectivity index (χ0v) is 14.3. The van der Waals surface area contributed by atoms with Crippen LogP contribution in [0.5, 0.6) is 0 Å². The van der Waals surface area contributed by atoms with E-state index < -0.39 is 6.10 Å². The number of nitrogens with zero attached hydrogens (tertiary/aromatic N) is 1. The van der Waals surface area contributed by atoms with Gasteiger partial charge in [0.05, 0.1) is 25.5 Å². The molecule has 0 aliphatic heterocycles. The number of furan rings is 1. The minimum Gasteiger partial charge on any atom is -0.468 e. The Hall–Kier alpha value is -1.69. The maximum Gasteiger partial charge on any atom is 0.123 e. The first-order chi connectivity index (χ1) is 11.5. The number of aliphatic hydroxyl groups is 1. The number of halogens is 1. The number of hydrogen-bond donors (Lipinski definition) is 1. The van der Waals surface area contributed by atoms with Gasteiger partial charge in [0.15, 0.2) is 0 Å². The van der Waals surface area contributed by atoms with Gasteiger partial charge >= 0.3 is 0 Å². The van der Waals surface area contributed by atoms with Gasteiger partial charge in [-0.05, 0) is 35.7 Å². The summed E-state index contributed by atoms with van der Waals surface area (Å²) in [4.78, 5) is 2.06. The first-order valence-corrected chi connectivity index (χ1v) is 8.28. The van der Waals surface area contributed by atoms with Crippen molar-refractivity contribution in [1.82, 2.24) is 4.90 Å². The molecule has 1 atom stereocenters. The van der Waals surface area contributed by atoms with Crippen LogP contribution in [0.2, 0.25) is 0 Å². The van der Waals surface area contributed by atoms with E-state index in [9.17, 15) is 9.50 Å². The molecule has 1 aromatic heterocycles. The van der Waals surface area contributed by atoms with Crippen LogP contribution in [0.4, 0.5) is 4.39 Å². The van der Waals surface area contributed by atoms with Crippen molar-refractivity contribution in [3.8, 4) is 0 Å². The fraction of sp³-hybridized carbons (Fsp3) is 0.474. The molecule has 0 bridgehead atoms. The summed E-state index contributed by atoms with van der Waals surface area (Å²) in [7, 11) is 0. The van der Waals surface area contributed by atoms with Gasteiger partial charge in [-0.3, -0.25) is 4.90 Å². The molecule has 0 fully saturated rings. The van der Waals surface area contributed by atoms with Gasteiger partial charge < -0.3 is 14.3 Å². The molecule has 1 heterocycles. The largest absolute Gasteiger partial charge is 0.468 e. The topological polar surface area (TPSA) is 45.8 Å². The van der Waals surface area contributed by atoms with Crippen LogP contribution in [0.25, 0.3) is 0 Å². The molecular formula is C19H26FNO3. The highest BCUT2D eigenvalue weighted by Gasteiger charge is 2.15. The van der Waals surface area contributed by atoms with Crippen molar-refractivity contribution < 1.29 is 18.7 Å². The van der Waals surface area contributed by atoms with Gasteiger partial charge in [-0.15, -0.1) is 0 Å². The minimum atomic E-state index is -0.584. The summed E-state index contributed by atoms with van der Waals surface area (Å²) in [6.07, 6.45) is 1.05. The average Bonchev–Trinajstić information content (AvgIpc) is 3.02. The molecule has 4 nitrogen and oxygen atoms in total. The van der Waals surface area contributed by atoms with Crippen molar-refractivity contribution in [1.29, 1.82) is 0 Å². The van der Waals surface area contributed by atoms with Crippen LogP contribution in [0.15, 0.2) is 47.1 Å². The number of ether oxygens (including phenoxy) is 1. The maximum absolute atomic E-state index is 13.1. The van der Waals surface area contributed by atoms with Crippen molar-refractivity contribution in [2.75, 3.05) is 19.8 Å². The highest BCUT2D eigenvalue weighted by molar-refractivity contribution is 5.16. The fourth-order valence-electron chi connectivity index (χ4n) is 2.45. The Morgan fingerprint density at radius 1 is 1.12 bits per heavy atom. The molecule has 24 heavy (non-hydrogen) atoms. The van der Waals surface area contributed by atoms with E-state index in [2.05, 4.69) is 18.7 Å². The Labute approximate surface area is 142 Å². The number of aliphatic hydroxyl groups excluding tert-OH is 1. The van der Waals surface area contributed by atoms with Crippen LogP contribution in [0.1, 0.15) is 25.2 Å². The van der Waals surface area contributed by atoms with Gasteiger partial charge in [-0.1, -0.05) is 26.0 Å². The number of benzene rings is 1. The molecule has 132 valence electrons. The van der Waals surface area contributed by atoms with Crippen LogP contribution in [0, 0.1) is 11.7 Å². The van der Waals surface area contributed by atoms with E-state index in [0.717, 1.165) is 11.3 Å². The summed E-state index contributed by atoms with van der Waals surface area (Å²) in [6, 6.07) is 10.1. The second kappa shape index (κ2) is 9.57. The quantitative estimate of drug-likeness (QED) is 0.722. The Morgan fingerprint density at radius 3 is 2.50 bits per heavy atom. The van der Waals surface area contributed by atoms with E-state index in [1.165, 1.54) is 12.1 Å². The first-order valence-electron chi connectivity index (χ1n) is 8.28. The van der Waals surface area contributed by atoms with Crippen molar-refractivity contribution in [3.05, 3.63) is 59.8 Å². The first kappa shape index (κ1) is 18.6. The average molecular weight is 335 g/mol. The van der Waals surface area contributed by atoms with Crippen LogP contribution in [-0.4, -0.2) is 35.9 Å². The van der Waals surface area contributed by atoms with E-state index >= 15 is 0 Å². The molecule has 0 saturated carbocycles. The summed E-state index contributed by atoms with van der Waals surface area (Å²) in [5, 5.41) is 10.2. The Bertz CT molecular complexity index is 569. The summed E-state index contributed by atoms with van der Waals surface area (Å²) >= 11 is 0. The number of rotatable bonds is 10. The molecule has 0 aliphatic carbocycles. The minimum absolute atomic E-state index is 0.251. The molecule has 2 aromatic rings. The molecule has 1 unspecified atom stereocenters. The van der Waals surface area contributed by atoms with Crippen LogP contribution in [0.3, 0.4) is 0 Å². The molecule has 2 rings (SSSR count). The van der Waals surface area contributed by atoms with Gasteiger partial charge in [0.25, 0.3) is 0 Å². The fourth-order valence-corrected chi connectivity index (χ4v) is 2.45. The van der Waals surface area contributed by atoms with E-state index in [4.69, 9.17) is 9.15 Å². The van der Waals surface area contributed by atoms with Crippen molar-refractivity contribution in [3.63, 3.8) is 0 Å². The molecular weight excluding hydrogens is 309 g/mol.